The van der Waals surface area contributed by atoms with Crippen LogP contribution in [0.5, 0.6) is 0 Å². The largest absolute Gasteiger partial charge is 0.313 e. The Balaban J connectivity index is 1.49. The summed E-state index contributed by atoms with van der Waals surface area (Å²) >= 11 is 1.90. The van der Waals surface area contributed by atoms with Crippen molar-refractivity contribution in [3.05, 3.63) is 22.4 Å². The Morgan fingerprint density at radius 1 is 1.35 bits per heavy atom. The van der Waals surface area contributed by atoms with Crippen LogP contribution >= 0.6 is 11.3 Å². The van der Waals surface area contributed by atoms with E-state index in [0.29, 0.717) is 0 Å². The van der Waals surface area contributed by atoms with Crippen molar-refractivity contribution in [2.24, 2.45) is 0 Å². The van der Waals surface area contributed by atoms with Crippen molar-refractivity contribution in [3.8, 4) is 0 Å². The quantitative estimate of drug-likeness (QED) is 0.834. The number of thiophene rings is 1. The van der Waals surface area contributed by atoms with Crippen LogP contribution in [-0.2, 0) is 6.42 Å². The topological polar surface area (TPSA) is 15.3 Å². The summed E-state index contributed by atoms with van der Waals surface area (Å²) in [6, 6.07) is 6.10. The second kappa shape index (κ2) is 5.51. The summed E-state index contributed by atoms with van der Waals surface area (Å²) in [6.07, 6.45) is 6.84. The SMILES string of the molecule is c1csc(CCN(CC2CCCN2)C2CC2)c1. The third kappa shape index (κ3) is 3.30. The van der Waals surface area contributed by atoms with Gasteiger partial charge in [-0.1, -0.05) is 6.07 Å². The first-order valence-corrected chi connectivity index (χ1v) is 7.79. The minimum Gasteiger partial charge on any atom is -0.313 e. The van der Waals surface area contributed by atoms with E-state index in [1.807, 2.05) is 11.3 Å². The van der Waals surface area contributed by atoms with Crippen LogP contribution in [0.15, 0.2) is 17.5 Å². The average molecular weight is 250 g/mol. The predicted molar refractivity (Wildman–Crippen MR) is 73.6 cm³/mol. The molecular formula is C14H22N2S. The Morgan fingerprint density at radius 2 is 2.29 bits per heavy atom. The molecule has 2 fully saturated rings. The van der Waals surface area contributed by atoms with Gasteiger partial charge in [0.05, 0.1) is 0 Å². The molecule has 0 bridgehead atoms. The molecule has 2 heterocycles. The number of rotatable bonds is 6. The van der Waals surface area contributed by atoms with Gasteiger partial charge >= 0.3 is 0 Å². The molecule has 17 heavy (non-hydrogen) atoms. The van der Waals surface area contributed by atoms with Crippen LogP contribution < -0.4 is 5.32 Å². The van der Waals surface area contributed by atoms with Gasteiger partial charge in [-0.25, -0.2) is 0 Å². The zero-order chi connectivity index (χ0) is 11.5. The summed E-state index contributed by atoms with van der Waals surface area (Å²) in [7, 11) is 0. The van der Waals surface area contributed by atoms with Gasteiger partial charge in [0.2, 0.25) is 0 Å². The Labute approximate surface area is 108 Å². The lowest BCUT2D eigenvalue weighted by Gasteiger charge is -2.25. The third-order valence-corrected chi connectivity index (χ3v) is 4.84. The fourth-order valence-electron chi connectivity index (χ4n) is 2.77. The average Bonchev–Trinajstić information content (AvgIpc) is 2.85. The molecule has 1 unspecified atom stereocenters. The molecule has 0 aromatic carbocycles. The highest BCUT2D eigenvalue weighted by Crippen LogP contribution is 2.28. The molecule has 0 spiro atoms. The fraction of sp³-hybridized carbons (Fsp3) is 0.714. The van der Waals surface area contributed by atoms with Gasteiger partial charge in [-0.15, -0.1) is 11.3 Å². The monoisotopic (exact) mass is 250 g/mol. The molecule has 1 aliphatic carbocycles. The second-order valence-electron chi connectivity index (χ2n) is 5.35. The first kappa shape index (κ1) is 11.7. The molecule has 3 heteroatoms. The van der Waals surface area contributed by atoms with Crippen LogP contribution in [0.25, 0.3) is 0 Å². The third-order valence-electron chi connectivity index (χ3n) is 3.91. The van der Waals surface area contributed by atoms with Crippen LogP contribution in [0.3, 0.4) is 0 Å². The highest BCUT2D eigenvalue weighted by molar-refractivity contribution is 7.09. The lowest BCUT2D eigenvalue weighted by Crippen LogP contribution is -2.39. The maximum absolute atomic E-state index is 3.62. The van der Waals surface area contributed by atoms with Gasteiger partial charge in [0.25, 0.3) is 0 Å². The molecule has 1 aromatic rings. The lowest BCUT2D eigenvalue weighted by atomic mass is 10.2. The molecule has 1 aliphatic heterocycles. The van der Waals surface area contributed by atoms with E-state index in [2.05, 4.69) is 27.7 Å². The van der Waals surface area contributed by atoms with Crippen molar-refractivity contribution in [3.63, 3.8) is 0 Å². The molecular weight excluding hydrogens is 228 g/mol. The Morgan fingerprint density at radius 3 is 2.94 bits per heavy atom. The van der Waals surface area contributed by atoms with Gasteiger partial charge in [0.15, 0.2) is 0 Å². The van der Waals surface area contributed by atoms with E-state index in [0.717, 1.165) is 12.1 Å². The Bertz CT molecular complexity index is 326. The summed E-state index contributed by atoms with van der Waals surface area (Å²) in [5.41, 5.74) is 0. The Hall–Kier alpha value is -0.380. The van der Waals surface area contributed by atoms with Crippen molar-refractivity contribution in [2.75, 3.05) is 19.6 Å². The minimum atomic E-state index is 0.763. The number of nitrogens with zero attached hydrogens (tertiary/aromatic N) is 1. The molecule has 1 saturated heterocycles. The molecule has 1 saturated carbocycles. The summed E-state index contributed by atoms with van der Waals surface area (Å²) in [4.78, 5) is 4.26. The summed E-state index contributed by atoms with van der Waals surface area (Å²) in [5, 5.41) is 5.81. The van der Waals surface area contributed by atoms with Gasteiger partial charge in [-0.05, 0) is 50.1 Å². The molecule has 2 nitrogen and oxygen atoms in total. The molecule has 2 aliphatic rings. The Kier molecular flexibility index (Phi) is 3.79. The van der Waals surface area contributed by atoms with Gasteiger partial charge in [-0.2, -0.15) is 0 Å². The van der Waals surface area contributed by atoms with Crippen molar-refractivity contribution in [2.45, 2.75) is 44.2 Å². The predicted octanol–water partition coefficient (Wildman–Crippen LogP) is 2.51. The molecule has 0 amide bonds. The van der Waals surface area contributed by atoms with Gasteiger partial charge in [-0.3, -0.25) is 4.90 Å². The standard InChI is InChI=1S/C14H22N2S/c1-3-12(15-8-1)11-16(13-5-6-13)9-7-14-4-2-10-17-14/h2,4,10,12-13,15H,1,3,5-9,11H2. The van der Waals surface area contributed by atoms with Crippen LogP contribution in [0.4, 0.5) is 0 Å². The summed E-state index contributed by atoms with van der Waals surface area (Å²) in [6.45, 7) is 3.76. The molecule has 94 valence electrons. The van der Waals surface area contributed by atoms with Crippen LogP contribution in [0.1, 0.15) is 30.6 Å². The molecule has 1 aromatic heterocycles. The van der Waals surface area contributed by atoms with E-state index in [9.17, 15) is 0 Å². The smallest absolute Gasteiger partial charge is 0.0195 e. The van der Waals surface area contributed by atoms with Gasteiger partial charge in [0, 0.05) is 30.1 Å². The number of nitrogens with one attached hydrogen (secondary N) is 1. The minimum absolute atomic E-state index is 0.763. The highest BCUT2D eigenvalue weighted by Gasteiger charge is 2.30. The van der Waals surface area contributed by atoms with Gasteiger partial charge in [0.1, 0.15) is 0 Å². The van der Waals surface area contributed by atoms with Crippen molar-refractivity contribution in [1.82, 2.24) is 10.2 Å². The molecule has 1 atom stereocenters. The van der Waals surface area contributed by atoms with Crippen molar-refractivity contribution in [1.29, 1.82) is 0 Å². The van der Waals surface area contributed by atoms with Gasteiger partial charge < -0.3 is 5.32 Å². The number of hydrogen-bond donors (Lipinski definition) is 1. The van der Waals surface area contributed by atoms with E-state index in [1.165, 1.54) is 56.6 Å². The van der Waals surface area contributed by atoms with Crippen molar-refractivity contribution < 1.29 is 0 Å². The zero-order valence-electron chi connectivity index (χ0n) is 10.4. The van der Waals surface area contributed by atoms with Crippen LogP contribution in [-0.4, -0.2) is 36.6 Å². The maximum Gasteiger partial charge on any atom is 0.0195 e. The zero-order valence-corrected chi connectivity index (χ0v) is 11.2. The summed E-state index contributed by atoms with van der Waals surface area (Å²) in [5.74, 6) is 0. The maximum atomic E-state index is 3.62. The highest BCUT2D eigenvalue weighted by atomic mass is 32.1. The lowest BCUT2D eigenvalue weighted by molar-refractivity contribution is 0.243. The first-order valence-electron chi connectivity index (χ1n) is 6.91. The van der Waals surface area contributed by atoms with E-state index < -0.39 is 0 Å². The van der Waals surface area contributed by atoms with Crippen LogP contribution in [0, 0.1) is 0 Å². The molecule has 1 N–H and O–H groups in total. The van der Waals surface area contributed by atoms with E-state index >= 15 is 0 Å². The molecule has 3 rings (SSSR count). The van der Waals surface area contributed by atoms with E-state index in [4.69, 9.17) is 0 Å². The van der Waals surface area contributed by atoms with E-state index in [1.54, 1.807) is 0 Å². The first-order chi connectivity index (χ1) is 8.42. The normalized spacial score (nSPS) is 24.6. The number of hydrogen-bond acceptors (Lipinski definition) is 3. The van der Waals surface area contributed by atoms with Crippen molar-refractivity contribution >= 4 is 11.3 Å². The molecule has 0 radical (unpaired) electrons. The van der Waals surface area contributed by atoms with E-state index in [-0.39, 0.29) is 0 Å². The summed E-state index contributed by atoms with van der Waals surface area (Å²) < 4.78 is 0. The fourth-order valence-corrected chi connectivity index (χ4v) is 3.47. The van der Waals surface area contributed by atoms with Crippen LogP contribution in [0.2, 0.25) is 0 Å². The second-order valence-corrected chi connectivity index (χ2v) is 6.38.